The van der Waals surface area contributed by atoms with Gasteiger partial charge in [0, 0.05) is 32.0 Å². The van der Waals surface area contributed by atoms with E-state index in [9.17, 15) is 0 Å². The molecule has 0 aromatic carbocycles. The Morgan fingerprint density at radius 3 is 2.79 bits per heavy atom. The van der Waals surface area contributed by atoms with Crippen LogP contribution in [0.5, 0.6) is 0 Å². The molecular formula is C12H23N5OS. The van der Waals surface area contributed by atoms with Crippen LogP contribution in [0.3, 0.4) is 0 Å². The van der Waals surface area contributed by atoms with Crippen molar-refractivity contribution < 1.29 is 4.74 Å². The molecule has 19 heavy (non-hydrogen) atoms. The van der Waals surface area contributed by atoms with Gasteiger partial charge in [0.15, 0.2) is 5.82 Å². The first-order chi connectivity index (χ1) is 9.15. The van der Waals surface area contributed by atoms with Gasteiger partial charge in [-0.3, -0.25) is 0 Å². The van der Waals surface area contributed by atoms with Crippen LogP contribution in [-0.4, -0.2) is 42.2 Å². The van der Waals surface area contributed by atoms with Crippen LogP contribution in [0.4, 0.5) is 11.6 Å². The van der Waals surface area contributed by atoms with Crippen LogP contribution in [0, 0.1) is 0 Å². The highest BCUT2D eigenvalue weighted by atomic mass is 32.2. The smallest absolute Gasteiger partial charge is 0.158 e. The summed E-state index contributed by atoms with van der Waals surface area (Å²) in [7, 11) is 3.67. The molecule has 1 aromatic heterocycles. The quantitative estimate of drug-likeness (QED) is 0.553. The minimum absolute atomic E-state index is 0.371. The molecule has 108 valence electrons. The van der Waals surface area contributed by atoms with Gasteiger partial charge < -0.3 is 15.1 Å². The van der Waals surface area contributed by atoms with E-state index in [0.29, 0.717) is 24.3 Å². The van der Waals surface area contributed by atoms with Crippen molar-refractivity contribution in [1.82, 2.24) is 9.97 Å². The lowest BCUT2D eigenvalue weighted by Gasteiger charge is -2.28. The molecule has 0 saturated heterocycles. The van der Waals surface area contributed by atoms with Crippen molar-refractivity contribution in [2.45, 2.75) is 26.0 Å². The Morgan fingerprint density at radius 1 is 1.53 bits per heavy atom. The van der Waals surface area contributed by atoms with Crippen LogP contribution in [-0.2, 0) is 11.3 Å². The highest BCUT2D eigenvalue weighted by Gasteiger charge is 2.15. The number of nitrogens with two attached hydrogens (primary N) is 1. The number of thioether (sulfide) groups is 1. The average Bonchev–Trinajstić information content (AvgIpc) is 2.44. The number of hydrazine groups is 1. The third-order valence-corrected chi connectivity index (χ3v) is 3.64. The van der Waals surface area contributed by atoms with Crippen molar-refractivity contribution in [2.75, 3.05) is 36.5 Å². The maximum Gasteiger partial charge on any atom is 0.158 e. The summed E-state index contributed by atoms with van der Waals surface area (Å²) in [5.41, 5.74) is 2.57. The molecule has 0 saturated carbocycles. The minimum atomic E-state index is 0.371. The van der Waals surface area contributed by atoms with Crippen molar-refractivity contribution in [1.29, 1.82) is 0 Å². The van der Waals surface area contributed by atoms with Crippen molar-refractivity contribution in [3.63, 3.8) is 0 Å². The summed E-state index contributed by atoms with van der Waals surface area (Å²) < 4.78 is 5.08. The molecule has 1 aromatic rings. The first kappa shape index (κ1) is 16.0. The molecule has 0 fully saturated rings. The number of aromatic nitrogens is 2. The first-order valence-electron chi connectivity index (χ1n) is 6.21. The highest BCUT2D eigenvalue weighted by molar-refractivity contribution is 7.98. The van der Waals surface area contributed by atoms with Crippen LogP contribution in [0.2, 0.25) is 0 Å². The zero-order valence-electron chi connectivity index (χ0n) is 12.0. The molecule has 1 unspecified atom stereocenters. The summed E-state index contributed by atoms with van der Waals surface area (Å²) in [6.07, 6.45) is 3.17. The predicted octanol–water partition coefficient (Wildman–Crippen LogP) is 1.49. The number of rotatable bonds is 8. The Kier molecular flexibility index (Phi) is 6.90. The Bertz CT molecular complexity index is 390. The number of anilines is 2. The van der Waals surface area contributed by atoms with E-state index in [0.717, 1.165) is 18.0 Å². The fourth-order valence-corrected chi connectivity index (χ4v) is 2.66. The van der Waals surface area contributed by atoms with Gasteiger partial charge in [-0.1, -0.05) is 6.92 Å². The first-order valence-corrected chi connectivity index (χ1v) is 7.60. The number of nitrogen functional groups attached to an aromatic ring is 1. The van der Waals surface area contributed by atoms with E-state index in [4.69, 9.17) is 10.6 Å². The summed E-state index contributed by atoms with van der Waals surface area (Å²) in [5.74, 6) is 8.59. The van der Waals surface area contributed by atoms with Gasteiger partial charge in [-0.05, 0) is 12.7 Å². The van der Waals surface area contributed by atoms with Crippen LogP contribution < -0.4 is 16.2 Å². The number of hydrogen-bond acceptors (Lipinski definition) is 7. The second kappa shape index (κ2) is 8.19. The molecule has 0 amide bonds. The van der Waals surface area contributed by atoms with E-state index < -0.39 is 0 Å². The van der Waals surface area contributed by atoms with Gasteiger partial charge in [0.05, 0.1) is 0 Å². The molecule has 3 N–H and O–H groups in total. The van der Waals surface area contributed by atoms with Gasteiger partial charge >= 0.3 is 0 Å². The molecule has 0 aliphatic heterocycles. The zero-order chi connectivity index (χ0) is 14.3. The molecule has 7 heteroatoms. The fraction of sp³-hybridized carbons (Fsp3) is 0.667. The molecule has 0 spiro atoms. The third kappa shape index (κ3) is 4.52. The normalized spacial score (nSPS) is 12.3. The van der Waals surface area contributed by atoms with Crippen LogP contribution in [0.25, 0.3) is 0 Å². The lowest BCUT2D eigenvalue weighted by molar-refractivity contribution is 0.178. The molecule has 1 atom stereocenters. The lowest BCUT2D eigenvalue weighted by atomic mass is 10.2. The van der Waals surface area contributed by atoms with Gasteiger partial charge in [0.2, 0.25) is 0 Å². The summed E-state index contributed by atoms with van der Waals surface area (Å²) in [6, 6.07) is 2.29. The van der Waals surface area contributed by atoms with Crippen molar-refractivity contribution in [3.05, 3.63) is 11.9 Å². The molecule has 0 radical (unpaired) electrons. The SMILES string of the molecule is CCC(CSC)N(C)c1cc(NN)nc(COC)n1. The van der Waals surface area contributed by atoms with Gasteiger partial charge in [-0.15, -0.1) is 0 Å². The highest BCUT2D eigenvalue weighted by Crippen LogP contribution is 2.19. The van der Waals surface area contributed by atoms with Gasteiger partial charge in [0.25, 0.3) is 0 Å². The van der Waals surface area contributed by atoms with E-state index >= 15 is 0 Å². The Morgan fingerprint density at radius 2 is 2.26 bits per heavy atom. The predicted molar refractivity (Wildman–Crippen MR) is 81.4 cm³/mol. The standard InChI is InChI=1S/C12H23N5OS/c1-5-9(8-19-4)17(2)12-6-10(16-13)14-11(15-12)7-18-3/h6,9H,5,7-8,13H2,1-4H3,(H,14,15,16). The summed E-state index contributed by atoms with van der Waals surface area (Å²) >= 11 is 1.83. The summed E-state index contributed by atoms with van der Waals surface area (Å²) in [5, 5.41) is 0. The maximum atomic E-state index is 5.45. The third-order valence-electron chi connectivity index (χ3n) is 2.92. The zero-order valence-corrected chi connectivity index (χ0v) is 12.8. The molecule has 6 nitrogen and oxygen atoms in total. The maximum absolute atomic E-state index is 5.45. The largest absolute Gasteiger partial charge is 0.377 e. The van der Waals surface area contributed by atoms with E-state index in [1.54, 1.807) is 7.11 Å². The second-order valence-corrected chi connectivity index (χ2v) is 5.14. The Labute approximate surface area is 119 Å². The van der Waals surface area contributed by atoms with Crippen LogP contribution >= 0.6 is 11.8 Å². The number of nitrogens with zero attached hydrogens (tertiary/aromatic N) is 3. The Balaban J connectivity index is 2.99. The monoisotopic (exact) mass is 285 g/mol. The van der Waals surface area contributed by atoms with Crippen molar-refractivity contribution in [3.8, 4) is 0 Å². The molecule has 0 bridgehead atoms. The van der Waals surface area contributed by atoms with Crippen LogP contribution in [0.1, 0.15) is 19.2 Å². The van der Waals surface area contributed by atoms with Crippen molar-refractivity contribution in [2.24, 2.45) is 5.84 Å². The van der Waals surface area contributed by atoms with E-state index in [1.807, 2.05) is 24.9 Å². The van der Waals surface area contributed by atoms with Crippen molar-refractivity contribution >= 4 is 23.4 Å². The number of nitrogens with one attached hydrogen (secondary N) is 1. The van der Waals surface area contributed by atoms with Gasteiger partial charge in [0.1, 0.15) is 18.2 Å². The van der Waals surface area contributed by atoms with E-state index in [1.165, 1.54) is 0 Å². The summed E-state index contributed by atoms with van der Waals surface area (Å²) in [4.78, 5) is 10.9. The van der Waals surface area contributed by atoms with E-state index in [2.05, 4.69) is 33.5 Å². The fourth-order valence-electron chi connectivity index (χ4n) is 1.81. The number of ether oxygens (including phenoxy) is 1. The van der Waals surface area contributed by atoms with Crippen LogP contribution in [0.15, 0.2) is 6.07 Å². The van der Waals surface area contributed by atoms with Gasteiger partial charge in [-0.25, -0.2) is 15.8 Å². The van der Waals surface area contributed by atoms with Gasteiger partial charge in [-0.2, -0.15) is 11.8 Å². The Hall–Kier alpha value is -1.05. The topological polar surface area (TPSA) is 76.3 Å². The molecule has 1 rings (SSSR count). The molecular weight excluding hydrogens is 262 g/mol. The van der Waals surface area contributed by atoms with E-state index in [-0.39, 0.29) is 0 Å². The summed E-state index contributed by atoms with van der Waals surface area (Å²) in [6.45, 7) is 2.55. The molecule has 0 aliphatic carbocycles. The molecule has 0 aliphatic rings. The number of hydrogen-bond donors (Lipinski definition) is 2. The lowest BCUT2D eigenvalue weighted by Crippen LogP contribution is -2.34. The number of methoxy groups -OCH3 is 1. The molecule has 1 heterocycles. The average molecular weight is 285 g/mol. The second-order valence-electron chi connectivity index (χ2n) is 4.23. The minimum Gasteiger partial charge on any atom is -0.377 e.